The number of rotatable bonds is 3. The average Bonchev–Trinajstić information content (AvgIpc) is 2.79. The number of hydrogen-bond acceptors (Lipinski definition) is 5. The maximum absolute atomic E-state index is 15.2. The summed E-state index contributed by atoms with van der Waals surface area (Å²) in [6, 6.07) is -1.27. The molecule has 7 nitrogen and oxygen atoms in total. The molecular formula is C14H22ClFN2O5S. The van der Waals surface area contributed by atoms with Gasteiger partial charge in [0, 0.05) is 0 Å². The molecule has 2 saturated carbocycles. The van der Waals surface area contributed by atoms with Gasteiger partial charge in [0.05, 0.1) is 30.7 Å². The summed E-state index contributed by atoms with van der Waals surface area (Å²) in [5, 5.41) is 19.1. The Morgan fingerprint density at radius 1 is 1.38 bits per heavy atom. The molecule has 0 aromatic heterocycles. The minimum atomic E-state index is -4.11. The van der Waals surface area contributed by atoms with Crippen LogP contribution in [-0.2, 0) is 15.0 Å². The van der Waals surface area contributed by atoms with Gasteiger partial charge in [0.15, 0.2) is 0 Å². The van der Waals surface area contributed by atoms with Crippen LogP contribution < -0.4 is 4.72 Å². The number of halogens is 2. The zero-order valence-corrected chi connectivity index (χ0v) is 14.6. The second-order valence-corrected chi connectivity index (χ2v) is 9.19. The highest BCUT2D eigenvalue weighted by Gasteiger charge is 2.54. The highest BCUT2D eigenvalue weighted by molar-refractivity contribution is 7.88. The summed E-state index contributed by atoms with van der Waals surface area (Å²) in [6.45, 7) is -0.661. The first kappa shape index (κ1) is 18.3. The lowest BCUT2D eigenvalue weighted by atomic mass is 9.64. The van der Waals surface area contributed by atoms with Gasteiger partial charge >= 0.3 is 10.2 Å². The van der Waals surface area contributed by atoms with Crippen molar-refractivity contribution in [3.63, 3.8) is 0 Å². The fraction of sp³-hybridized carbons (Fsp3) is 0.929. The normalized spacial score (nSPS) is 43.9. The van der Waals surface area contributed by atoms with Crippen LogP contribution in [0.3, 0.4) is 0 Å². The molecule has 3 rings (SSSR count). The van der Waals surface area contributed by atoms with Gasteiger partial charge in [0.25, 0.3) is 0 Å². The molecule has 10 heteroatoms. The number of nitrogens with one attached hydrogen (secondary N) is 1. The maximum atomic E-state index is 15.2. The molecule has 1 heterocycles. The van der Waals surface area contributed by atoms with Crippen LogP contribution >= 0.6 is 11.6 Å². The fourth-order valence-corrected chi connectivity index (χ4v) is 6.02. The van der Waals surface area contributed by atoms with Gasteiger partial charge in [-0.15, -0.1) is 11.6 Å². The van der Waals surface area contributed by atoms with E-state index >= 15 is 4.39 Å². The van der Waals surface area contributed by atoms with E-state index in [4.69, 9.17) is 11.6 Å². The van der Waals surface area contributed by atoms with Crippen LogP contribution in [0.2, 0.25) is 0 Å². The van der Waals surface area contributed by atoms with Crippen LogP contribution in [0.1, 0.15) is 25.7 Å². The van der Waals surface area contributed by atoms with Gasteiger partial charge in [-0.25, -0.2) is 9.11 Å². The first-order chi connectivity index (χ1) is 11.2. The Balaban J connectivity index is 1.81. The van der Waals surface area contributed by atoms with Crippen molar-refractivity contribution in [3.8, 4) is 0 Å². The summed E-state index contributed by atoms with van der Waals surface area (Å²) in [4.78, 5) is 11.4. The van der Waals surface area contributed by atoms with Crippen molar-refractivity contribution < 1.29 is 27.8 Å². The number of nitrogens with zero attached hydrogens (tertiary/aromatic N) is 1. The number of carbonyl (C=O) groups is 1. The van der Waals surface area contributed by atoms with E-state index in [1.165, 1.54) is 0 Å². The molecule has 1 aliphatic heterocycles. The number of amides is 1. The van der Waals surface area contributed by atoms with Gasteiger partial charge < -0.3 is 10.2 Å². The first-order valence-corrected chi connectivity index (χ1v) is 10.0. The van der Waals surface area contributed by atoms with Crippen LogP contribution in [0, 0.1) is 17.8 Å². The summed E-state index contributed by atoms with van der Waals surface area (Å²) in [5.74, 6) is -1.24. The van der Waals surface area contributed by atoms with Crippen molar-refractivity contribution in [2.75, 3.05) is 13.2 Å². The third-order valence-corrected chi connectivity index (χ3v) is 7.60. The number of alkyl halides is 2. The van der Waals surface area contributed by atoms with Gasteiger partial charge in [0.1, 0.15) is 6.17 Å². The summed E-state index contributed by atoms with van der Waals surface area (Å²) < 4.78 is 41.8. The molecule has 3 fully saturated rings. The molecule has 7 unspecified atom stereocenters. The zero-order chi connectivity index (χ0) is 17.6. The number of aliphatic hydroxyl groups excluding tert-OH is 2. The molecule has 0 bridgehead atoms. The van der Waals surface area contributed by atoms with E-state index in [9.17, 15) is 23.4 Å². The quantitative estimate of drug-likeness (QED) is 0.582. The Kier molecular flexibility index (Phi) is 5.10. The highest BCUT2D eigenvalue weighted by atomic mass is 35.5. The van der Waals surface area contributed by atoms with E-state index in [2.05, 4.69) is 0 Å². The maximum Gasteiger partial charge on any atom is 0.304 e. The summed E-state index contributed by atoms with van der Waals surface area (Å²) in [6.07, 6.45) is -0.542. The van der Waals surface area contributed by atoms with Crippen LogP contribution in [0.15, 0.2) is 0 Å². The van der Waals surface area contributed by atoms with Crippen molar-refractivity contribution >= 4 is 27.7 Å². The van der Waals surface area contributed by atoms with E-state index < -0.39 is 52.3 Å². The molecule has 3 N–H and O–H groups in total. The Hall–Kier alpha value is -0.480. The van der Waals surface area contributed by atoms with E-state index in [-0.39, 0.29) is 18.4 Å². The van der Waals surface area contributed by atoms with Crippen LogP contribution in [0.5, 0.6) is 0 Å². The molecule has 7 atom stereocenters. The largest absolute Gasteiger partial charge is 0.395 e. The standard InChI is InChI=1S/C14H22ClFN2O5S/c15-10(6-19)8-2-1-7-4-11(20)14(13(16)9(7)3-8)18-5-12(21)17-24(18,22)23/h7-11,13-14,19-20H,1-6H2,(H,17,21). The highest BCUT2D eigenvalue weighted by Crippen LogP contribution is 2.47. The first-order valence-electron chi connectivity index (χ1n) is 8.14. The predicted molar refractivity (Wildman–Crippen MR) is 84.1 cm³/mol. The second-order valence-electron chi connectivity index (χ2n) is 7.01. The van der Waals surface area contributed by atoms with Gasteiger partial charge in [-0.1, -0.05) is 0 Å². The van der Waals surface area contributed by atoms with Crippen molar-refractivity contribution in [1.29, 1.82) is 0 Å². The molecule has 0 aromatic rings. The molecule has 24 heavy (non-hydrogen) atoms. The van der Waals surface area contributed by atoms with Crippen LogP contribution in [0.25, 0.3) is 0 Å². The smallest absolute Gasteiger partial charge is 0.304 e. The van der Waals surface area contributed by atoms with Crippen molar-refractivity contribution in [3.05, 3.63) is 0 Å². The minimum Gasteiger partial charge on any atom is -0.395 e. The topological polar surface area (TPSA) is 107 Å². The van der Waals surface area contributed by atoms with E-state index in [0.717, 1.165) is 10.7 Å². The number of fused-ring (bicyclic) bond motifs is 1. The van der Waals surface area contributed by atoms with Gasteiger partial charge in [-0.2, -0.15) is 12.7 Å². The van der Waals surface area contributed by atoms with Crippen molar-refractivity contribution in [1.82, 2.24) is 9.03 Å². The molecule has 2 aliphatic carbocycles. The van der Waals surface area contributed by atoms with Crippen LogP contribution in [0.4, 0.5) is 4.39 Å². The van der Waals surface area contributed by atoms with E-state index in [1.54, 1.807) is 0 Å². The number of carbonyl (C=O) groups excluding carboxylic acids is 1. The lowest BCUT2D eigenvalue weighted by Crippen LogP contribution is -2.59. The molecular weight excluding hydrogens is 363 g/mol. The number of hydrogen-bond donors (Lipinski definition) is 3. The van der Waals surface area contributed by atoms with Gasteiger partial charge in [-0.3, -0.25) is 4.79 Å². The van der Waals surface area contributed by atoms with Crippen LogP contribution in [-0.4, -0.2) is 65.7 Å². The van der Waals surface area contributed by atoms with E-state index in [1.807, 2.05) is 4.72 Å². The van der Waals surface area contributed by atoms with Gasteiger partial charge in [0.2, 0.25) is 5.91 Å². The van der Waals surface area contributed by atoms with E-state index in [0.29, 0.717) is 19.3 Å². The summed E-state index contributed by atoms with van der Waals surface area (Å²) in [7, 11) is -4.11. The Morgan fingerprint density at radius 3 is 2.67 bits per heavy atom. The molecule has 0 spiro atoms. The second kappa shape index (κ2) is 6.68. The average molecular weight is 385 g/mol. The zero-order valence-electron chi connectivity index (χ0n) is 13.0. The lowest BCUT2D eigenvalue weighted by molar-refractivity contribution is -0.120. The third kappa shape index (κ3) is 3.16. The molecule has 138 valence electrons. The molecule has 1 amide bonds. The SMILES string of the molecule is O=C1CN(C2C(O)CC3CCC(C(Cl)CO)CC3C2F)S(=O)(=O)N1. The fourth-order valence-electron chi connectivity index (χ4n) is 4.46. The molecule has 0 aromatic carbocycles. The van der Waals surface area contributed by atoms with Crippen molar-refractivity contribution in [2.45, 2.75) is 49.4 Å². The number of aliphatic hydroxyl groups is 2. The van der Waals surface area contributed by atoms with Crippen molar-refractivity contribution in [2.24, 2.45) is 17.8 Å². The third-order valence-electron chi connectivity index (χ3n) is 5.63. The molecule has 3 aliphatic rings. The summed E-state index contributed by atoms with van der Waals surface area (Å²) in [5.41, 5.74) is 0. The Morgan fingerprint density at radius 2 is 2.08 bits per heavy atom. The summed E-state index contributed by atoms with van der Waals surface area (Å²) >= 11 is 6.10. The monoisotopic (exact) mass is 384 g/mol. The predicted octanol–water partition coefficient (Wildman–Crippen LogP) is -0.234. The van der Waals surface area contributed by atoms with Gasteiger partial charge in [-0.05, 0) is 43.4 Å². The molecule has 0 radical (unpaired) electrons. The lowest BCUT2D eigenvalue weighted by Gasteiger charge is -2.48. The molecule has 1 saturated heterocycles. The Labute approximate surface area is 145 Å². The Bertz CT molecular complexity index is 606. The minimum absolute atomic E-state index is 0.0398.